The first-order chi connectivity index (χ1) is 21.5. The van der Waals surface area contributed by atoms with Crippen LogP contribution >= 0.6 is 22.9 Å². The van der Waals surface area contributed by atoms with Crippen LogP contribution in [0.4, 0.5) is 25.4 Å². The molecule has 0 saturated carbocycles. The van der Waals surface area contributed by atoms with Crippen LogP contribution in [-0.2, 0) is 4.74 Å². The SMILES string of the molecule is C[C@H](c1cccnc1N)N(C)c1nc(O[C@H]2COC[C@H]2N(C)C)nc2c(F)c(-c3ccc(F)c4sc(N)c(C#N)c34)c(Cl)cc12. The second kappa shape index (κ2) is 11.9. The maximum atomic E-state index is 16.9. The van der Waals surface area contributed by atoms with Gasteiger partial charge in [0.1, 0.15) is 40.1 Å². The lowest BCUT2D eigenvalue weighted by molar-refractivity contribution is 0.117. The van der Waals surface area contributed by atoms with Crippen LogP contribution in [0.5, 0.6) is 6.01 Å². The number of halogens is 3. The molecular formula is C31H29ClF2N8O2S. The molecule has 0 spiro atoms. The van der Waals surface area contributed by atoms with Gasteiger partial charge in [0.25, 0.3) is 0 Å². The Balaban J connectivity index is 1.59. The van der Waals surface area contributed by atoms with E-state index in [0.29, 0.717) is 30.2 Å². The molecule has 6 rings (SSSR count). The van der Waals surface area contributed by atoms with E-state index in [4.69, 9.17) is 37.5 Å². The van der Waals surface area contributed by atoms with Crippen LogP contribution in [0.2, 0.25) is 5.02 Å². The van der Waals surface area contributed by atoms with Crippen molar-refractivity contribution in [3.05, 3.63) is 64.3 Å². The van der Waals surface area contributed by atoms with Gasteiger partial charge in [-0.25, -0.2) is 13.8 Å². The number of nitrogens with zero attached hydrogens (tertiary/aromatic N) is 6. The minimum absolute atomic E-state index is 0.0129. The van der Waals surface area contributed by atoms with E-state index >= 15 is 4.39 Å². The molecule has 10 nitrogen and oxygen atoms in total. The minimum atomic E-state index is -0.790. The van der Waals surface area contributed by atoms with Gasteiger partial charge in [0.15, 0.2) is 5.82 Å². The smallest absolute Gasteiger partial charge is 0.319 e. The van der Waals surface area contributed by atoms with Crippen molar-refractivity contribution < 1.29 is 18.3 Å². The number of likely N-dealkylation sites (N-methyl/N-ethyl adjacent to an activating group) is 1. The van der Waals surface area contributed by atoms with Gasteiger partial charge in [0.05, 0.1) is 40.6 Å². The molecule has 0 amide bonds. The summed E-state index contributed by atoms with van der Waals surface area (Å²) in [6.45, 7) is 2.67. The first-order valence-electron chi connectivity index (χ1n) is 14.0. The number of hydrogen-bond acceptors (Lipinski definition) is 11. The number of aromatic nitrogens is 3. The molecular weight excluding hydrogens is 622 g/mol. The fourth-order valence-electron chi connectivity index (χ4n) is 5.67. The van der Waals surface area contributed by atoms with E-state index in [0.717, 1.165) is 16.9 Å². The van der Waals surface area contributed by atoms with Crippen molar-refractivity contribution in [2.24, 2.45) is 0 Å². The summed E-state index contributed by atoms with van der Waals surface area (Å²) in [5, 5.41) is 10.5. The van der Waals surface area contributed by atoms with Crippen molar-refractivity contribution in [3.8, 4) is 23.2 Å². The molecule has 14 heteroatoms. The molecule has 4 heterocycles. The Morgan fingerprint density at radius 1 is 1.18 bits per heavy atom. The average Bonchev–Trinajstić information content (AvgIpc) is 3.62. The van der Waals surface area contributed by atoms with Crippen molar-refractivity contribution in [1.82, 2.24) is 19.9 Å². The number of hydrogen-bond donors (Lipinski definition) is 2. The summed E-state index contributed by atoms with van der Waals surface area (Å²) >= 11 is 7.73. The quantitative estimate of drug-likeness (QED) is 0.223. The van der Waals surface area contributed by atoms with Crippen molar-refractivity contribution in [2.75, 3.05) is 50.7 Å². The summed E-state index contributed by atoms with van der Waals surface area (Å²) < 4.78 is 43.8. The molecule has 4 N–H and O–H groups in total. The molecule has 3 atom stereocenters. The second-order valence-electron chi connectivity index (χ2n) is 11.0. The molecule has 0 aliphatic carbocycles. The van der Waals surface area contributed by atoms with Crippen LogP contribution in [0, 0.1) is 23.0 Å². The van der Waals surface area contributed by atoms with Gasteiger partial charge in [0.2, 0.25) is 0 Å². The van der Waals surface area contributed by atoms with Gasteiger partial charge < -0.3 is 30.7 Å². The Morgan fingerprint density at radius 2 is 1.96 bits per heavy atom. The fourth-order valence-corrected chi connectivity index (χ4v) is 6.91. The molecule has 1 saturated heterocycles. The second-order valence-corrected chi connectivity index (χ2v) is 12.5. The molecule has 1 aliphatic rings. The standard InChI is InChI=1S/C31H29ClF2N8O2S/c1-14(15-6-5-9-38-28(15)36)42(4)30-17-10-19(32)24(16-7-8-20(33)27-23(16)18(11-35)29(37)45-27)25(34)26(17)39-31(40-30)44-22-13-43-12-21(22)41(2)3/h5-10,14,21-22H,12-13,37H2,1-4H3,(H2,36,38)/t14-,21-,22+/m1/s1. The van der Waals surface area contributed by atoms with Crippen LogP contribution in [0.15, 0.2) is 36.5 Å². The molecule has 1 aliphatic heterocycles. The van der Waals surface area contributed by atoms with E-state index in [9.17, 15) is 9.65 Å². The number of rotatable bonds is 7. The number of ether oxygens (including phenoxy) is 2. The number of nitrogen functional groups attached to an aromatic ring is 2. The number of nitrogens with two attached hydrogens (primary N) is 2. The first kappa shape index (κ1) is 30.7. The van der Waals surface area contributed by atoms with Gasteiger partial charge in [-0.3, -0.25) is 0 Å². The predicted molar refractivity (Wildman–Crippen MR) is 173 cm³/mol. The normalized spacial score (nSPS) is 17.2. The number of anilines is 3. The summed E-state index contributed by atoms with van der Waals surface area (Å²) in [6.07, 6.45) is 1.19. The van der Waals surface area contributed by atoms with Gasteiger partial charge in [-0.1, -0.05) is 23.7 Å². The van der Waals surface area contributed by atoms with Gasteiger partial charge in [0, 0.05) is 35.1 Å². The first-order valence-corrected chi connectivity index (χ1v) is 15.2. The van der Waals surface area contributed by atoms with E-state index in [2.05, 4.69) is 9.97 Å². The number of fused-ring (bicyclic) bond motifs is 2. The van der Waals surface area contributed by atoms with Crippen molar-refractivity contribution >= 4 is 60.6 Å². The Morgan fingerprint density at radius 3 is 2.67 bits per heavy atom. The van der Waals surface area contributed by atoms with Gasteiger partial charge in [-0.2, -0.15) is 15.2 Å². The van der Waals surface area contributed by atoms with E-state index in [-0.39, 0.29) is 60.4 Å². The van der Waals surface area contributed by atoms with E-state index in [1.807, 2.05) is 43.0 Å². The van der Waals surface area contributed by atoms with Crippen molar-refractivity contribution in [1.29, 1.82) is 5.26 Å². The highest BCUT2D eigenvalue weighted by Gasteiger charge is 2.34. The highest BCUT2D eigenvalue weighted by Crippen LogP contribution is 2.46. The molecule has 5 aromatic rings. The number of nitriles is 1. The molecule has 0 radical (unpaired) electrons. The van der Waals surface area contributed by atoms with E-state index in [1.54, 1.807) is 25.4 Å². The third-order valence-corrected chi connectivity index (χ3v) is 9.52. The number of pyridine rings is 1. The topological polar surface area (TPSA) is 139 Å². The Bertz CT molecular complexity index is 2000. The van der Waals surface area contributed by atoms with E-state index < -0.39 is 17.7 Å². The largest absolute Gasteiger partial charge is 0.456 e. The summed E-state index contributed by atoms with van der Waals surface area (Å²) in [6, 6.07) is 9.31. The van der Waals surface area contributed by atoms with Crippen LogP contribution in [0.1, 0.15) is 24.1 Å². The van der Waals surface area contributed by atoms with Gasteiger partial charge >= 0.3 is 6.01 Å². The maximum Gasteiger partial charge on any atom is 0.319 e. The summed E-state index contributed by atoms with van der Waals surface area (Å²) in [5.74, 6) is -0.690. The van der Waals surface area contributed by atoms with Crippen molar-refractivity contribution in [2.45, 2.75) is 25.1 Å². The van der Waals surface area contributed by atoms with Gasteiger partial charge in [-0.05, 0) is 44.8 Å². The zero-order chi connectivity index (χ0) is 32.2. The highest BCUT2D eigenvalue weighted by atomic mass is 35.5. The third-order valence-electron chi connectivity index (χ3n) is 8.20. The van der Waals surface area contributed by atoms with Gasteiger partial charge in [-0.15, -0.1) is 11.3 Å². The number of benzene rings is 2. The van der Waals surface area contributed by atoms with Crippen LogP contribution in [0.25, 0.3) is 32.1 Å². The molecule has 0 unspecified atom stereocenters. The summed E-state index contributed by atoms with van der Waals surface area (Å²) in [4.78, 5) is 17.3. The molecule has 3 aromatic heterocycles. The molecule has 2 aromatic carbocycles. The number of thiophene rings is 1. The lowest BCUT2D eigenvalue weighted by atomic mass is 9.97. The average molecular weight is 651 g/mol. The zero-order valence-corrected chi connectivity index (χ0v) is 26.4. The Labute approximate surface area is 266 Å². The van der Waals surface area contributed by atoms with Crippen LogP contribution in [0.3, 0.4) is 0 Å². The van der Waals surface area contributed by atoms with Crippen molar-refractivity contribution in [3.63, 3.8) is 0 Å². The summed E-state index contributed by atoms with van der Waals surface area (Å²) in [7, 11) is 5.63. The zero-order valence-electron chi connectivity index (χ0n) is 24.8. The molecule has 45 heavy (non-hydrogen) atoms. The maximum absolute atomic E-state index is 16.9. The minimum Gasteiger partial charge on any atom is -0.456 e. The van der Waals surface area contributed by atoms with Crippen LogP contribution < -0.4 is 21.1 Å². The van der Waals surface area contributed by atoms with E-state index in [1.165, 1.54) is 12.1 Å². The molecule has 0 bridgehead atoms. The monoisotopic (exact) mass is 650 g/mol. The lowest BCUT2D eigenvalue weighted by Gasteiger charge is -2.29. The van der Waals surface area contributed by atoms with Crippen LogP contribution in [-0.4, -0.2) is 66.4 Å². The lowest BCUT2D eigenvalue weighted by Crippen LogP contribution is -2.41. The Kier molecular flexibility index (Phi) is 8.09. The predicted octanol–water partition coefficient (Wildman–Crippen LogP) is 5.78. The summed E-state index contributed by atoms with van der Waals surface area (Å²) in [5.41, 5.74) is 13.1. The molecule has 232 valence electrons. The highest BCUT2D eigenvalue weighted by molar-refractivity contribution is 7.23. The molecule has 1 fully saturated rings. The Hall–Kier alpha value is -4.35. The fraction of sp³-hybridized carbons (Fsp3) is 0.290. The third kappa shape index (κ3) is 5.23.